The van der Waals surface area contributed by atoms with E-state index >= 15 is 0 Å². The number of carbonyl (C=O) groups excluding carboxylic acids is 2. The molecule has 0 aliphatic rings. The molecule has 0 spiro atoms. The summed E-state index contributed by atoms with van der Waals surface area (Å²) in [5.41, 5.74) is -0.235. The molecule has 0 aromatic heterocycles. The highest BCUT2D eigenvalue weighted by Gasteiger charge is 2.34. The summed E-state index contributed by atoms with van der Waals surface area (Å²) in [6.45, 7) is 3.18. The molecule has 0 unspecified atom stereocenters. The van der Waals surface area contributed by atoms with E-state index in [9.17, 15) is 14.7 Å². The Kier molecular flexibility index (Phi) is 7.39. The van der Waals surface area contributed by atoms with E-state index in [1.165, 1.54) is 0 Å². The van der Waals surface area contributed by atoms with Crippen LogP contribution in [0.2, 0.25) is 0 Å². The third-order valence-electron chi connectivity index (χ3n) is 3.19. The Morgan fingerprint density at radius 3 is 2.41 bits per heavy atom. The van der Waals surface area contributed by atoms with Gasteiger partial charge < -0.3 is 19.3 Å². The molecule has 6 heteroatoms. The second-order valence-electron chi connectivity index (χ2n) is 5.06. The fourth-order valence-electron chi connectivity index (χ4n) is 1.67. The van der Waals surface area contributed by atoms with Crippen molar-refractivity contribution in [3.63, 3.8) is 0 Å². The van der Waals surface area contributed by atoms with E-state index in [0.717, 1.165) is 5.56 Å². The molecule has 0 saturated heterocycles. The van der Waals surface area contributed by atoms with Gasteiger partial charge in [-0.2, -0.15) is 0 Å². The highest BCUT2D eigenvalue weighted by Crippen LogP contribution is 2.22. The van der Waals surface area contributed by atoms with Gasteiger partial charge in [0.25, 0.3) is 0 Å². The van der Waals surface area contributed by atoms with Crippen LogP contribution in [0.15, 0.2) is 30.3 Å². The first-order chi connectivity index (χ1) is 10.5. The Labute approximate surface area is 130 Å². The minimum Gasteiger partial charge on any atom is -0.466 e. The van der Waals surface area contributed by atoms with E-state index in [-0.39, 0.29) is 32.8 Å². The third-order valence-corrected chi connectivity index (χ3v) is 3.19. The number of benzene rings is 1. The van der Waals surface area contributed by atoms with Crippen molar-refractivity contribution in [3.05, 3.63) is 35.9 Å². The van der Waals surface area contributed by atoms with Crippen molar-refractivity contribution in [2.75, 3.05) is 19.8 Å². The number of ether oxygens (including phenoxy) is 3. The molecule has 122 valence electrons. The Balaban J connectivity index is 2.32. The van der Waals surface area contributed by atoms with Crippen molar-refractivity contribution in [3.8, 4) is 0 Å². The van der Waals surface area contributed by atoms with E-state index in [4.69, 9.17) is 14.2 Å². The van der Waals surface area contributed by atoms with E-state index in [1.54, 1.807) is 13.8 Å². The fourth-order valence-corrected chi connectivity index (χ4v) is 1.67. The van der Waals surface area contributed by atoms with Gasteiger partial charge >= 0.3 is 12.1 Å². The smallest absolute Gasteiger partial charge is 0.466 e. The van der Waals surface area contributed by atoms with Crippen LogP contribution in [0, 0.1) is 5.41 Å². The number of esters is 1. The number of aliphatic hydroxyl groups excluding tert-OH is 1. The first-order valence-electron chi connectivity index (χ1n) is 7.13. The van der Waals surface area contributed by atoms with Gasteiger partial charge in [0.05, 0.1) is 25.2 Å². The summed E-state index contributed by atoms with van der Waals surface area (Å²) >= 11 is 0. The fraction of sp³-hybridized carbons (Fsp3) is 0.500. The number of aliphatic hydroxyl groups is 1. The topological polar surface area (TPSA) is 82.1 Å². The Morgan fingerprint density at radius 1 is 1.14 bits per heavy atom. The molecule has 1 N–H and O–H groups in total. The molecule has 0 aliphatic carbocycles. The molecule has 1 rings (SSSR count). The third kappa shape index (κ3) is 5.73. The van der Waals surface area contributed by atoms with Crippen LogP contribution < -0.4 is 0 Å². The molecule has 0 radical (unpaired) electrons. The number of rotatable bonds is 8. The van der Waals surface area contributed by atoms with E-state index in [1.807, 2.05) is 30.3 Å². The maximum Gasteiger partial charge on any atom is 0.508 e. The molecule has 0 heterocycles. The van der Waals surface area contributed by atoms with Gasteiger partial charge in [-0.25, -0.2) is 4.79 Å². The van der Waals surface area contributed by atoms with Gasteiger partial charge in [-0.1, -0.05) is 30.3 Å². The Hall–Kier alpha value is -2.08. The lowest BCUT2D eigenvalue weighted by atomic mass is 9.88. The maximum atomic E-state index is 11.7. The molecule has 1 atom stereocenters. The zero-order valence-corrected chi connectivity index (χ0v) is 12.9. The summed E-state index contributed by atoms with van der Waals surface area (Å²) in [6, 6.07) is 9.22. The van der Waals surface area contributed by atoms with Gasteiger partial charge in [0.1, 0.15) is 6.61 Å². The minimum atomic E-state index is -1.09. The number of hydrogen-bond donors (Lipinski definition) is 1. The van der Waals surface area contributed by atoms with Crippen LogP contribution in [0.4, 0.5) is 4.79 Å². The zero-order chi connectivity index (χ0) is 16.4. The summed E-state index contributed by atoms with van der Waals surface area (Å²) in [5.74, 6) is -0.515. The van der Waals surface area contributed by atoms with E-state index < -0.39 is 17.5 Å². The molecule has 0 bridgehead atoms. The van der Waals surface area contributed by atoms with Gasteiger partial charge in [0.15, 0.2) is 0 Å². The van der Waals surface area contributed by atoms with Crippen LogP contribution >= 0.6 is 0 Å². The molecular weight excluding hydrogens is 288 g/mol. The summed E-state index contributed by atoms with van der Waals surface area (Å²) in [5, 5.41) is 9.33. The zero-order valence-electron chi connectivity index (χ0n) is 12.9. The summed E-state index contributed by atoms with van der Waals surface area (Å²) in [4.78, 5) is 23.2. The van der Waals surface area contributed by atoms with Gasteiger partial charge in [0, 0.05) is 0 Å². The monoisotopic (exact) mass is 310 g/mol. The minimum absolute atomic E-state index is 0.0382. The quantitative estimate of drug-likeness (QED) is 0.742. The molecule has 0 saturated carbocycles. The van der Waals surface area contributed by atoms with Crippen LogP contribution in [-0.2, 0) is 25.6 Å². The highest BCUT2D eigenvalue weighted by atomic mass is 16.7. The first kappa shape index (κ1) is 18.0. The van der Waals surface area contributed by atoms with Crippen LogP contribution in [0.25, 0.3) is 0 Å². The van der Waals surface area contributed by atoms with Crippen LogP contribution in [-0.4, -0.2) is 37.1 Å². The number of hydrogen-bond acceptors (Lipinski definition) is 6. The predicted molar refractivity (Wildman–Crippen MR) is 79.0 cm³/mol. The summed E-state index contributed by atoms with van der Waals surface area (Å²) in [6.07, 6.45) is -0.657. The predicted octanol–water partition coefficient (Wildman–Crippen LogP) is 2.29. The lowest BCUT2D eigenvalue weighted by Gasteiger charge is -2.24. The molecule has 22 heavy (non-hydrogen) atoms. The SMILES string of the molecule is CCOC(=O)[C@](C)(CO)CCOC(=O)OCc1ccccc1. The highest BCUT2D eigenvalue weighted by molar-refractivity contribution is 5.76. The standard InChI is InChI=1S/C16H22O6/c1-3-20-14(18)16(2,12-17)9-10-21-15(19)22-11-13-7-5-4-6-8-13/h4-8,17H,3,9-12H2,1-2H3/t16-/m0/s1. The molecular formula is C16H22O6. The largest absolute Gasteiger partial charge is 0.508 e. The molecule has 6 nitrogen and oxygen atoms in total. The maximum absolute atomic E-state index is 11.7. The molecule has 0 aliphatic heterocycles. The van der Waals surface area contributed by atoms with Crippen molar-refractivity contribution < 1.29 is 28.9 Å². The van der Waals surface area contributed by atoms with Crippen molar-refractivity contribution in [2.24, 2.45) is 5.41 Å². The molecule has 0 amide bonds. The first-order valence-corrected chi connectivity index (χ1v) is 7.13. The van der Waals surface area contributed by atoms with Gasteiger partial charge in [0.2, 0.25) is 0 Å². The normalized spacial score (nSPS) is 13.0. The summed E-state index contributed by atoms with van der Waals surface area (Å²) < 4.78 is 14.7. The summed E-state index contributed by atoms with van der Waals surface area (Å²) in [7, 11) is 0. The molecule has 1 aromatic carbocycles. The lowest BCUT2D eigenvalue weighted by Crippen LogP contribution is -2.35. The average molecular weight is 310 g/mol. The van der Waals surface area contributed by atoms with Crippen molar-refractivity contribution in [2.45, 2.75) is 26.9 Å². The Bertz CT molecular complexity index is 473. The van der Waals surface area contributed by atoms with Crippen LogP contribution in [0.1, 0.15) is 25.8 Å². The second-order valence-corrected chi connectivity index (χ2v) is 5.06. The van der Waals surface area contributed by atoms with E-state index in [0.29, 0.717) is 0 Å². The average Bonchev–Trinajstić information content (AvgIpc) is 2.54. The van der Waals surface area contributed by atoms with Crippen LogP contribution in [0.3, 0.4) is 0 Å². The molecule has 0 fully saturated rings. The molecule has 1 aromatic rings. The second kappa shape index (κ2) is 9.04. The van der Waals surface area contributed by atoms with Crippen molar-refractivity contribution in [1.29, 1.82) is 0 Å². The Morgan fingerprint density at radius 2 is 1.82 bits per heavy atom. The van der Waals surface area contributed by atoms with Crippen molar-refractivity contribution in [1.82, 2.24) is 0 Å². The van der Waals surface area contributed by atoms with Crippen molar-refractivity contribution >= 4 is 12.1 Å². The van der Waals surface area contributed by atoms with Gasteiger partial charge in [-0.3, -0.25) is 4.79 Å². The van der Waals surface area contributed by atoms with E-state index in [2.05, 4.69) is 0 Å². The van der Waals surface area contributed by atoms with Gasteiger partial charge in [-0.05, 0) is 25.8 Å². The number of carbonyl (C=O) groups is 2. The van der Waals surface area contributed by atoms with Crippen LogP contribution in [0.5, 0.6) is 0 Å². The lowest BCUT2D eigenvalue weighted by molar-refractivity contribution is -0.158. The van der Waals surface area contributed by atoms with Gasteiger partial charge in [-0.15, -0.1) is 0 Å².